The molecule has 0 radical (unpaired) electrons. The second-order valence-corrected chi connectivity index (χ2v) is 6.82. The van der Waals surface area contributed by atoms with Crippen LogP contribution in [0.3, 0.4) is 0 Å². The Kier molecular flexibility index (Phi) is 5.60. The van der Waals surface area contributed by atoms with Crippen LogP contribution in [0.25, 0.3) is 10.8 Å². The van der Waals surface area contributed by atoms with E-state index in [-0.39, 0.29) is 27.6 Å². The Balaban J connectivity index is 1.89. The molecule has 0 atom stereocenters. The van der Waals surface area contributed by atoms with Gasteiger partial charge in [0.2, 0.25) is 0 Å². The van der Waals surface area contributed by atoms with Gasteiger partial charge in [0.25, 0.3) is 0 Å². The summed E-state index contributed by atoms with van der Waals surface area (Å²) >= 11 is 0.878. The van der Waals surface area contributed by atoms with Crippen LogP contribution in [0.4, 0.5) is 5.00 Å². The van der Waals surface area contributed by atoms with E-state index in [0.29, 0.717) is 5.56 Å². The molecular formula is C20H17NO6S. The highest BCUT2D eigenvalue weighted by Crippen LogP contribution is 2.33. The van der Waals surface area contributed by atoms with Crippen LogP contribution in [0.2, 0.25) is 0 Å². The molecular weight excluding hydrogens is 382 g/mol. The van der Waals surface area contributed by atoms with Crippen LogP contribution in [0.5, 0.6) is 0 Å². The third-order valence-corrected chi connectivity index (χ3v) is 5.17. The van der Waals surface area contributed by atoms with E-state index < -0.39 is 17.9 Å². The van der Waals surface area contributed by atoms with Gasteiger partial charge < -0.3 is 19.9 Å². The van der Waals surface area contributed by atoms with Crippen molar-refractivity contribution in [1.82, 2.24) is 0 Å². The van der Waals surface area contributed by atoms with Gasteiger partial charge >= 0.3 is 17.9 Å². The number of carbonyl (C=O) groups excluding carboxylic acids is 3. The van der Waals surface area contributed by atoms with Crippen molar-refractivity contribution in [1.29, 1.82) is 0 Å². The average molecular weight is 399 g/mol. The molecule has 0 fully saturated rings. The molecule has 0 aliphatic rings. The average Bonchev–Trinajstić information content (AvgIpc) is 3.06. The van der Waals surface area contributed by atoms with Gasteiger partial charge in [0.05, 0.1) is 19.8 Å². The van der Waals surface area contributed by atoms with Gasteiger partial charge in [-0.25, -0.2) is 14.4 Å². The molecule has 0 spiro atoms. The molecule has 2 aromatic carbocycles. The predicted molar refractivity (Wildman–Crippen MR) is 104 cm³/mol. The molecule has 7 nitrogen and oxygen atoms in total. The summed E-state index contributed by atoms with van der Waals surface area (Å²) in [6.07, 6.45) is 0. The minimum absolute atomic E-state index is 0.000730. The molecule has 1 aromatic heterocycles. The zero-order valence-corrected chi connectivity index (χ0v) is 16.0. The van der Waals surface area contributed by atoms with E-state index >= 15 is 0 Å². The van der Waals surface area contributed by atoms with Crippen LogP contribution < -0.4 is 5.73 Å². The van der Waals surface area contributed by atoms with Crippen molar-refractivity contribution in [2.75, 3.05) is 20.0 Å². The second kappa shape index (κ2) is 8.10. The molecule has 28 heavy (non-hydrogen) atoms. The maximum absolute atomic E-state index is 12.5. The topological polar surface area (TPSA) is 105 Å². The molecule has 0 aliphatic heterocycles. The van der Waals surface area contributed by atoms with Crippen molar-refractivity contribution in [3.05, 3.63) is 64.0 Å². The third kappa shape index (κ3) is 3.67. The van der Waals surface area contributed by atoms with Crippen molar-refractivity contribution in [2.24, 2.45) is 0 Å². The van der Waals surface area contributed by atoms with E-state index in [1.807, 2.05) is 30.3 Å². The van der Waals surface area contributed by atoms with Gasteiger partial charge in [-0.3, -0.25) is 0 Å². The number of nitrogen functional groups attached to an aromatic ring is 1. The van der Waals surface area contributed by atoms with Crippen LogP contribution in [0, 0.1) is 0 Å². The fourth-order valence-electron chi connectivity index (χ4n) is 2.74. The molecule has 144 valence electrons. The Labute approximate surface area is 164 Å². The summed E-state index contributed by atoms with van der Waals surface area (Å²) in [4.78, 5) is 36.6. The number of fused-ring (bicyclic) bond motifs is 1. The predicted octanol–water partition coefficient (Wildman–Crippen LogP) is 3.41. The van der Waals surface area contributed by atoms with Crippen molar-refractivity contribution >= 4 is 45.0 Å². The smallest absolute Gasteiger partial charge is 0.348 e. The Bertz CT molecular complexity index is 1070. The molecule has 3 rings (SSSR count). The number of methoxy groups -OCH3 is 2. The lowest BCUT2D eigenvalue weighted by molar-refractivity contribution is 0.0453. The summed E-state index contributed by atoms with van der Waals surface area (Å²) in [6.45, 7) is -0.325. The van der Waals surface area contributed by atoms with Gasteiger partial charge in [-0.15, -0.1) is 11.3 Å². The van der Waals surface area contributed by atoms with E-state index in [0.717, 1.165) is 22.1 Å². The summed E-state index contributed by atoms with van der Waals surface area (Å²) in [5, 5.41) is 1.97. The molecule has 0 saturated carbocycles. The lowest BCUT2D eigenvalue weighted by Gasteiger charge is -2.08. The molecule has 8 heteroatoms. The van der Waals surface area contributed by atoms with Gasteiger partial charge in [0, 0.05) is 5.56 Å². The van der Waals surface area contributed by atoms with Crippen LogP contribution in [-0.2, 0) is 20.8 Å². The molecule has 0 unspecified atom stereocenters. The van der Waals surface area contributed by atoms with E-state index in [9.17, 15) is 14.4 Å². The number of benzene rings is 2. The number of rotatable bonds is 5. The molecule has 0 saturated heterocycles. The van der Waals surface area contributed by atoms with Crippen LogP contribution >= 0.6 is 11.3 Å². The standard InChI is InChI=1S/C20H17NO6S/c1-25-19(23)15-14(16(20(24)26-2)28-17(15)21)10-27-18(22)13-8-7-11-5-3-4-6-12(11)9-13/h3-9H,10,21H2,1-2H3. The van der Waals surface area contributed by atoms with E-state index in [1.165, 1.54) is 14.2 Å². The Morgan fingerprint density at radius 1 is 0.929 bits per heavy atom. The van der Waals surface area contributed by atoms with Crippen molar-refractivity contribution in [3.63, 3.8) is 0 Å². The van der Waals surface area contributed by atoms with E-state index in [1.54, 1.807) is 12.1 Å². The minimum atomic E-state index is -0.722. The molecule has 1 heterocycles. The summed E-state index contributed by atoms with van der Waals surface area (Å²) in [5.41, 5.74) is 6.37. The van der Waals surface area contributed by atoms with Crippen molar-refractivity contribution < 1.29 is 28.6 Å². The Morgan fingerprint density at radius 3 is 2.29 bits per heavy atom. The molecule has 0 bridgehead atoms. The van der Waals surface area contributed by atoms with Crippen LogP contribution in [0.1, 0.15) is 36.0 Å². The number of anilines is 1. The normalized spacial score (nSPS) is 10.5. The number of ether oxygens (including phenoxy) is 3. The summed E-state index contributed by atoms with van der Waals surface area (Å²) in [7, 11) is 2.41. The first kappa shape index (κ1) is 19.4. The summed E-state index contributed by atoms with van der Waals surface area (Å²) < 4.78 is 14.8. The number of nitrogens with two attached hydrogens (primary N) is 1. The maximum Gasteiger partial charge on any atom is 0.348 e. The maximum atomic E-state index is 12.5. The van der Waals surface area contributed by atoms with Gasteiger partial charge in [-0.1, -0.05) is 30.3 Å². The van der Waals surface area contributed by atoms with Gasteiger partial charge in [0.1, 0.15) is 22.0 Å². The number of esters is 3. The Hall–Kier alpha value is -3.39. The highest BCUT2D eigenvalue weighted by Gasteiger charge is 2.28. The number of thiophene rings is 1. The van der Waals surface area contributed by atoms with E-state index in [4.69, 9.17) is 19.9 Å². The third-order valence-electron chi connectivity index (χ3n) is 4.13. The molecule has 0 aliphatic carbocycles. The first-order valence-electron chi connectivity index (χ1n) is 8.20. The second-order valence-electron chi connectivity index (χ2n) is 5.77. The quantitative estimate of drug-likeness (QED) is 0.518. The first-order chi connectivity index (χ1) is 13.5. The Morgan fingerprint density at radius 2 is 1.61 bits per heavy atom. The van der Waals surface area contributed by atoms with E-state index in [2.05, 4.69) is 0 Å². The van der Waals surface area contributed by atoms with Crippen LogP contribution in [-0.4, -0.2) is 32.1 Å². The highest BCUT2D eigenvalue weighted by molar-refractivity contribution is 7.18. The zero-order chi connectivity index (χ0) is 20.3. The zero-order valence-electron chi connectivity index (χ0n) is 15.2. The lowest BCUT2D eigenvalue weighted by Crippen LogP contribution is -2.12. The van der Waals surface area contributed by atoms with Gasteiger partial charge in [0.15, 0.2) is 0 Å². The summed E-state index contributed by atoms with van der Waals surface area (Å²) in [5.74, 6) is -1.99. The lowest BCUT2D eigenvalue weighted by atomic mass is 10.1. The molecule has 0 amide bonds. The summed E-state index contributed by atoms with van der Waals surface area (Å²) in [6, 6.07) is 12.8. The van der Waals surface area contributed by atoms with Crippen LogP contribution in [0.15, 0.2) is 42.5 Å². The number of hydrogen-bond acceptors (Lipinski definition) is 8. The van der Waals surface area contributed by atoms with Crippen molar-refractivity contribution in [2.45, 2.75) is 6.61 Å². The first-order valence-corrected chi connectivity index (χ1v) is 9.01. The minimum Gasteiger partial charge on any atom is -0.465 e. The number of carbonyl (C=O) groups is 3. The molecule has 3 aromatic rings. The van der Waals surface area contributed by atoms with Gasteiger partial charge in [-0.2, -0.15) is 0 Å². The number of hydrogen-bond donors (Lipinski definition) is 1. The fraction of sp³-hybridized carbons (Fsp3) is 0.150. The largest absolute Gasteiger partial charge is 0.465 e. The fourth-order valence-corrected chi connectivity index (χ4v) is 3.72. The monoisotopic (exact) mass is 399 g/mol. The highest BCUT2D eigenvalue weighted by atomic mass is 32.1. The SMILES string of the molecule is COC(=O)c1sc(N)c(C(=O)OC)c1COC(=O)c1ccc2ccccc2c1. The van der Waals surface area contributed by atoms with Crippen molar-refractivity contribution in [3.8, 4) is 0 Å². The molecule has 2 N–H and O–H groups in total. The van der Waals surface area contributed by atoms with Gasteiger partial charge in [-0.05, 0) is 22.9 Å².